The van der Waals surface area contributed by atoms with Gasteiger partial charge in [0.15, 0.2) is 0 Å². The first kappa shape index (κ1) is 11.8. The van der Waals surface area contributed by atoms with Gasteiger partial charge in [0.25, 0.3) is 5.91 Å². The lowest BCUT2D eigenvalue weighted by atomic mass is 10.3. The largest absolute Gasteiger partial charge is 0.338 e. The summed E-state index contributed by atoms with van der Waals surface area (Å²) in [6.45, 7) is 7.48. The van der Waals surface area contributed by atoms with Crippen molar-refractivity contribution in [3.8, 4) is 0 Å². The molecule has 1 heterocycles. The van der Waals surface area contributed by atoms with Crippen molar-refractivity contribution in [1.29, 1.82) is 0 Å². The molecule has 0 fully saturated rings. The molecule has 84 valence electrons. The van der Waals surface area contributed by atoms with Gasteiger partial charge >= 0.3 is 0 Å². The first-order chi connectivity index (χ1) is 7.13. The molecule has 0 atom stereocenters. The molecule has 0 aliphatic carbocycles. The Bertz CT molecular complexity index is 340. The van der Waals surface area contributed by atoms with E-state index in [0.29, 0.717) is 5.69 Å². The summed E-state index contributed by atoms with van der Waals surface area (Å²) in [5.41, 5.74) is 1.64. The van der Waals surface area contributed by atoms with Gasteiger partial charge < -0.3 is 4.90 Å². The summed E-state index contributed by atoms with van der Waals surface area (Å²) in [6, 6.07) is 1.88. The lowest BCUT2D eigenvalue weighted by Crippen LogP contribution is -2.31. The van der Waals surface area contributed by atoms with Gasteiger partial charge in [-0.25, -0.2) is 0 Å². The molecule has 0 aliphatic heterocycles. The lowest BCUT2D eigenvalue weighted by molar-refractivity contribution is 0.0762. The molecule has 0 N–H and O–H groups in total. The van der Waals surface area contributed by atoms with Gasteiger partial charge in [-0.2, -0.15) is 5.10 Å². The maximum atomic E-state index is 12.0. The minimum absolute atomic E-state index is 0.0645. The Kier molecular flexibility index (Phi) is 3.88. The smallest absolute Gasteiger partial charge is 0.272 e. The molecule has 1 amide bonds. The Hall–Kier alpha value is -1.32. The number of aryl methyl sites for hydroxylation is 2. The molecule has 4 heteroatoms. The van der Waals surface area contributed by atoms with Gasteiger partial charge in [-0.15, -0.1) is 0 Å². The normalized spacial score (nSPS) is 10.4. The summed E-state index contributed by atoms with van der Waals surface area (Å²) < 4.78 is 1.67. The van der Waals surface area contributed by atoms with Crippen molar-refractivity contribution in [1.82, 2.24) is 14.7 Å². The quantitative estimate of drug-likeness (QED) is 0.753. The molecule has 0 bridgehead atoms. The molecule has 0 spiro atoms. The Morgan fingerprint density at radius 2 is 2.00 bits per heavy atom. The van der Waals surface area contributed by atoms with E-state index >= 15 is 0 Å². The molecule has 0 unspecified atom stereocenters. The topological polar surface area (TPSA) is 38.1 Å². The van der Waals surface area contributed by atoms with Crippen molar-refractivity contribution in [3.05, 3.63) is 17.5 Å². The first-order valence-corrected chi connectivity index (χ1v) is 5.46. The zero-order valence-corrected chi connectivity index (χ0v) is 9.95. The Labute approximate surface area is 90.9 Å². The van der Waals surface area contributed by atoms with Crippen LogP contribution in [0.25, 0.3) is 0 Å². The van der Waals surface area contributed by atoms with Crippen molar-refractivity contribution < 1.29 is 4.79 Å². The van der Waals surface area contributed by atoms with Crippen molar-refractivity contribution >= 4 is 5.91 Å². The fourth-order valence-electron chi connectivity index (χ4n) is 1.57. The number of hydrogen-bond donors (Lipinski definition) is 0. The molecule has 1 aromatic heterocycles. The predicted octanol–water partition coefficient (Wildman–Crippen LogP) is 1.46. The van der Waals surface area contributed by atoms with E-state index in [4.69, 9.17) is 0 Å². The summed E-state index contributed by atoms with van der Waals surface area (Å²) in [6.07, 6.45) is 0.860. The van der Waals surface area contributed by atoms with Crippen molar-refractivity contribution in [2.75, 3.05) is 13.1 Å². The van der Waals surface area contributed by atoms with Crippen LogP contribution in [0.2, 0.25) is 0 Å². The van der Waals surface area contributed by atoms with Gasteiger partial charge in [0.1, 0.15) is 5.69 Å². The monoisotopic (exact) mass is 209 g/mol. The third kappa shape index (κ3) is 2.37. The van der Waals surface area contributed by atoms with Crippen LogP contribution in [0.5, 0.6) is 0 Å². The van der Waals surface area contributed by atoms with Gasteiger partial charge in [0.2, 0.25) is 0 Å². The lowest BCUT2D eigenvalue weighted by Gasteiger charge is -2.18. The van der Waals surface area contributed by atoms with Crippen LogP contribution in [0.1, 0.15) is 37.0 Å². The standard InChI is InChI=1S/C11H19N3O/c1-5-9-8-10(13(4)12-9)11(15)14(6-2)7-3/h8H,5-7H2,1-4H3. The first-order valence-electron chi connectivity index (χ1n) is 5.46. The maximum absolute atomic E-state index is 12.0. The highest BCUT2D eigenvalue weighted by atomic mass is 16.2. The molecule has 15 heavy (non-hydrogen) atoms. The second-order valence-corrected chi connectivity index (χ2v) is 3.48. The van der Waals surface area contributed by atoms with Crippen molar-refractivity contribution in [2.45, 2.75) is 27.2 Å². The van der Waals surface area contributed by atoms with E-state index in [1.807, 2.05) is 33.9 Å². The highest BCUT2D eigenvalue weighted by molar-refractivity contribution is 5.92. The molecule has 0 saturated heterocycles. The summed E-state index contributed by atoms with van der Waals surface area (Å²) in [7, 11) is 1.82. The number of amides is 1. The molecule has 1 rings (SSSR count). The summed E-state index contributed by atoms with van der Waals surface area (Å²) >= 11 is 0. The fraction of sp³-hybridized carbons (Fsp3) is 0.636. The Morgan fingerprint density at radius 3 is 2.40 bits per heavy atom. The van der Waals surface area contributed by atoms with E-state index in [0.717, 1.165) is 25.2 Å². The third-order valence-electron chi connectivity index (χ3n) is 2.56. The third-order valence-corrected chi connectivity index (χ3v) is 2.56. The maximum Gasteiger partial charge on any atom is 0.272 e. The number of rotatable bonds is 4. The van der Waals surface area contributed by atoms with Gasteiger partial charge in [-0.1, -0.05) is 6.92 Å². The van der Waals surface area contributed by atoms with Crippen LogP contribution in [0, 0.1) is 0 Å². The van der Waals surface area contributed by atoms with Gasteiger partial charge in [0, 0.05) is 20.1 Å². The average Bonchev–Trinajstić information content (AvgIpc) is 2.61. The van der Waals surface area contributed by atoms with E-state index in [1.165, 1.54) is 0 Å². The minimum atomic E-state index is 0.0645. The number of carbonyl (C=O) groups excluding carboxylic acids is 1. The molecule has 0 aliphatic rings. The van der Waals surface area contributed by atoms with Crippen LogP contribution in [-0.2, 0) is 13.5 Å². The summed E-state index contributed by atoms with van der Waals surface area (Å²) in [5.74, 6) is 0.0645. The van der Waals surface area contributed by atoms with Crippen LogP contribution < -0.4 is 0 Å². The molecular weight excluding hydrogens is 190 g/mol. The number of aromatic nitrogens is 2. The Morgan fingerprint density at radius 1 is 1.40 bits per heavy atom. The minimum Gasteiger partial charge on any atom is -0.338 e. The van der Waals surface area contributed by atoms with Gasteiger partial charge in [-0.3, -0.25) is 9.48 Å². The van der Waals surface area contributed by atoms with Crippen LogP contribution in [-0.4, -0.2) is 33.7 Å². The van der Waals surface area contributed by atoms with E-state index in [1.54, 1.807) is 9.58 Å². The number of hydrogen-bond acceptors (Lipinski definition) is 2. The Balaban J connectivity index is 2.94. The average molecular weight is 209 g/mol. The van der Waals surface area contributed by atoms with Crippen LogP contribution in [0.15, 0.2) is 6.07 Å². The highest BCUT2D eigenvalue weighted by Gasteiger charge is 2.17. The number of carbonyl (C=O) groups is 1. The van der Waals surface area contributed by atoms with E-state index in [-0.39, 0.29) is 5.91 Å². The summed E-state index contributed by atoms with van der Waals surface area (Å²) in [5, 5.41) is 4.27. The van der Waals surface area contributed by atoms with Crippen LogP contribution in [0.3, 0.4) is 0 Å². The van der Waals surface area contributed by atoms with E-state index in [9.17, 15) is 4.79 Å². The zero-order valence-electron chi connectivity index (χ0n) is 9.95. The fourth-order valence-corrected chi connectivity index (χ4v) is 1.57. The second-order valence-electron chi connectivity index (χ2n) is 3.48. The summed E-state index contributed by atoms with van der Waals surface area (Å²) in [4.78, 5) is 13.8. The molecule has 0 aromatic carbocycles. The van der Waals surface area contributed by atoms with Crippen LogP contribution in [0.4, 0.5) is 0 Å². The van der Waals surface area contributed by atoms with E-state index < -0.39 is 0 Å². The predicted molar refractivity (Wildman–Crippen MR) is 59.8 cm³/mol. The number of nitrogens with zero attached hydrogens (tertiary/aromatic N) is 3. The van der Waals surface area contributed by atoms with Crippen molar-refractivity contribution in [3.63, 3.8) is 0 Å². The molecular formula is C11H19N3O. The van der Waals surface area contributed by atoms with Gasteiger partial charge in [0.05, 0.1) is 5.69 Å². The zero-order chi connectivity index (χ0) is 11.4. The van der Waals surface area contributed by atoms with Crippen molar-refractivity contribution in [2.24, 2.45) is 7.05 Å². The van der Waals surface area contributed by atoms with Crippen LogP contribution >= 0.6 is 0 Å². The molecule has 4 nitrogen and oxygen atoms in total. The molecule has 1 aromatic rings. The van der Waals surface area contributed by atoms with E-state index in [2.05, 4.69) is 5.10 Å². The molecule has 0 radical (unpaired) electrons. The SMILES string of the molecule is CCc1cc(C(=O)N(CC)CC)n(C)n1. The van der Waals surface area contributed by atoms with Gasteiger partial charge in [-0.05, 0) is 26.3 Å². The highest BCUT2D eigenvalue weighted by Crippen LogP contribution is 2.07. The second kappa shape index (κ2) is 4.96. The molecule has 0 saturated carbocycles.